The van der Waals surface area contributed by atoms with Crippen molar-refractivity contribution < 1.29 is 0 Å². The first-order chi connectivity index (χ1) is 4.56. The number of thioether (sulfide) groups is 2. The van der Waals surface area contributed by atoms with Gasteiger partial charge in [0.1, 0.15) is 0 Å². The third-order valence-corrected chi connectivity index (χ3v) is 3.08. The van der Waals surface area contributed by atoms with Crippen molar-refractivity contribution in [3.63, 3.8) is 0 Å². The van der Waals surface area contributed by atoms with Crippen molar-refractivity contribution in [2.75, 3.05) is 17.8 Å². The Morgan fingerprint density at radius 1 is 1.10 bits per heavy atom. The molecule has 0 amide bonds. The number of rotatable bonds is 4. The zero-order valence-electron chi connectivity index (χ0n) is 7.44. The summed E-state index contributed by atoms with van der Waals surface area (Å²) in [5.74, 6) is 2.62. The molecular formula is C8H18S2. The molecule has 0 bridgehead atoms. The van der Waals surface area contributed by atoms with Gasteiger partial charge in [-0.25, -0.2) is 0 Å². The molecule has 0 aromatic carbocycles. The van der Waals surface area contributed by atoms with E-state index in [1.54, 1.807) is 0 Å². The maximum absolute atomic E-state index is 2.27. The first-order valence-electron chi connectivity index (χ1n) is 3.69. The highest BCUT2D eigenvalue weighted by atomic mass is 32.2. The summed E-state index contributed by atoms with van der Waals surface area (Å²) < 4.78 is 0.457. The third kappa shape index (κ3) is 8.70. The van der Waals surface area contributed by atoms with Crippen LogP contribution < -0.4 is 0 Å². The van der Waals surface area contributed by atoms with Crippen LogP contribution in [0.25, 0.3) is 0 Å². The van der Waals surface area contributed by atoms with Gasteiger partial charge in [0.2, 0.25) is 0 Å². The molecule has 0 spiro atoms. The van der Waals surface area contributed by atoms with E-state index in [0.29, 0.717) is 4.75 Å². The Morgan fingerprint density at radius 2 is 1.70 bits per heavy atom. The molecule has 0 fully saturated rings. The topological polar surface area (TPSA) is 0 Å². The van der Waals surface area contributed by atoms with Gasteiger partial charge in [0.25, 0.3) is 0 Å². The van der Waals surface area contributed by atoms with Gasteiger partial charge in [0.15, 0.2) is 0 Å². The van der Waals surface area contributed by atoms with Gasteiger partial charge >= 0.3 is 0 Å². The SMILES string of the molecule is CSCCCSC(C)(C)C. The molecule has 10 heavy (non-hydrogen) atoms. The Morgan fingerprint density at radius 3 is 2.10 bits per heavy atom. The second kappa shape index (κ2) is 5.36. The van der Waals surface area contributed by atoms with E-state index in [4.69, 9.17) is 0 Å². The molecule has 0 N–H and O–H groups in total. The summed E-state index contributed by atoms with van der Waals surface area (Å²) in [6.45, 7) is 6.82. The molecule has 2 heteroatoms. The Bertz CT molecular complexity index is 73.8. The van der Waals surface area contributed by atoms with E-state index in [-0.39, 0.29) is 0 Å². The average Bonchev–Trinajstić information content (AvgIpc) is 1.78. The lowest BCUT2D eigenvalue weighted by Crippen LogP contribution is -2.08. The van der Waals surface area contributed by atoms with Crippen molar-refractivity contribution in [3.05, 3.63) is 0 Å². The van der Waals surface area contributed by atoms with E-state index in [1.807, 2.05) is 11.8 Å². The van der Waals surface area contributed by atoms with E-state index < -0.39 is 0 Å². The van der Waals surface area contributed by atoms with Crippen LogP contribution in [0.5, 0.6) is 0 Å². The Kier molecular flexibility index (Phi) is 5.74. The van der Waals surface area contributed by atoms with Crippen LogP contribution in [0.2, 0.25) is 0 Å². The molecule has 62 valence electrons. The Hall–Kier alpha value is 0.700. The van der Waals surface area contributed by atoms with Gasteiger partial charge in [0.05, 0.1) is 0 Å². The lowest BCUT2D eigenvalue weighted by molar-refractivity contribution is 0.801. The maximum atomic E-state index is 2.27. The fourth-order valence-corrected chi connectivity index (χ4v) is 2.10. The molecule has 0 aliphatic rings. The summed E-state index contributed by atoms with van der Waals surface area (Å²) in [4.78, 5) is 0. The standard InChI is InChI=1S/C8H18S2/c1-8(2,3)10-7-5-6-9-4/h5-7H2,1-4H3. The largest absolute Gasteiger partial charge is 0.165 e. The smallest absolute Gasteiger partial charge is 0.00751 e. The molecule has 0 aromatic heterocycles. The minimum Gasteiger partial charge on any atom is -0.165 e. The van der Waals surface area contributed by atoms with E-state index in [2.05, 4.69) is 38.8 Å². The van der Waals surface area contributed by atoms with Crippen molar-refractivity contribution in [2.24, 2.45) is 0 Å². The zero-order chi connectivity index (χ0) is 8.04. The Balaban J connectivity index is 3.04. The fraction of sp³-hybridized carbons (Fsp3) is 1.00. The normalized spacial score (nSPS) is 12.0. The van der Waals surface area contributed by atoms with E-state index in [9.17, 15) is 0 Å². The molecule has 0 radical (unpaired) electrons. The third-order valence-electron chi connectivity index (χ3n) is 1.03. The van der Waals surface area contributed by atoms with Gasteiger partial charge in [0, 0.05) is 4.75 Å². The molecule has 0 nitrogen and oxygen atoms in total. The van der Waals surface area contributed by atoms with Gasteiger partial charge in [-0.1, -0.05) is 20.8 Å². The van der Waals surface area contributed by atoms with Crippen LogP contribution in [0.15, 0.2) is 0 Å². The summed E-state index contributed by atoms with van der Waals surface area (Å²) in [7, 11) is 0. The molecule has 0 atom stereocenters. The van der Waals surface area contributed by atoms with E-state index >= 15 is 0 Å². The van der Waals surface area contributed by atoms with E-state index in [1.165, 1.54) is 17.9 Å². The zero-order valence-corrected chi connectivity index (χ0v) is 9.07. The summed E-state index contributed by atoms with van der Waals surface area (Å²) >= 11 is 4.00. The van der Waals surface area contributed by atoms with E-state index in [0.717, 1.165) is 0 Å². The Labute approximate surface area is 73.5 Å². The highest BCUT2D eigenvalue weighted by molar-refractivity contribution is 8.00. The monoisotopic (exact) mass is 178 g/mol. The predicted molar refractivity (Wildman–Crippen MR) is 55.2 cm³/mol. The molecular weight excluding hydrogens is 160 g/mol. The van der Waals surface area contributed by atoms with Gasteiger partial charge in [-0.05, 0) is 24.2 Å². The van der Waals surface area contributed by atoms with Crippen LogP contribution in [0, 0.1) is 0 Å². The van der Waals surface area contributed by atoms with Gasteiger partial charge in [-0.15, -0.1) is 0 Å². The van der Waals surface area contributed by atoms with Gasteiger partial charge < -0.3 is 0 Å². The first kappa shape index (κ1) is 10.7. The summed E-state index contributed by atoms with van der Waals surface area (Å²) in [6.07, 6.45) is 3.52. The van der Waals surface area contributed by atoms with Crippen LogP contribution in [-0.2, 0) is 0 Å². The highest BCUT2D eigenvalue weighted by Crippen LogP contribution is 2.23. The van der Waals surface area contributed by atoms with Crippen molar-refractivity contribution in [1.82, 2.24) is 0 Å². The number of hydrogen-bond donors (Lipinski definition) is 0. The first-order valence-corrected chi connectivity index (χ1v) is 6.07. The molecule has 0 heterocycles. The lowest BCUT2D eigenvalue weighted by Gasteiger charge is -2.16. The predicted octanol–water partition coefficient (Wildman–Crippen LogP) is 3.27. The summed E-state index contributed by atoms with van der Waals surface area (Å²) in [5, 5.41) is 0. The fourth-order valence-electron chi connectivity index (χ4n) is 0.582. The molecule has 0 rings (SSSR count). The van der Waals surface area contributed by atoms with Gasteiger partial charge in [-0.3, -0.25) is 0 Å². The van der Waals surface area contributed by atoms with Crippen molar-refractivity contribution in [1.29, 1.82) is 0 Å². The van der Waals surface area contributed by atoms with Crippen molar-refractivity contribution >= 4 is 23.5 Å². The number of hydrogen-bond acceptors (Lipinski definition) is 2. The second-order valence-corrected chi connectivity index (χ2v) is 6.21. The molecule has 0 saturated heterocycles. The lowest BCUT2D eigenvalue weighted by atomic mass is 10.3. The minimum absolute atomic E-state index is 0.457. The highest BCUT2D eigenvalue weighted by Gasteiger charge is 2.08. The quantitative estimate of drug-likeness (QED) is 0.606. The van der Waals surface area contributed by atoms with Gasteiger partial charge in [-0.2, -0.15) is 23.5 Å². The van der Waals surface area contributed by atoms with Crippen LogP contribution in [0.3, 0.4) is 0 Å². The van der Waals surface area contributed by atoms with Crippen molar-refractivity contribution in [3.8, 4) is 0 Å². The second-order valence-electron chi connectivity index (χ2n) is 3.31. The molecule has 0 aliphatic carbocycles. The summed E-state index contributed by atoms with van der Waals surface area (Å²) in [5.41, 5.74) is 0. The van der Waals surface area contributed by atoms with Crippen molar-refractivity contribution in [2.45, 2.75) is 31.9 Å². The van der Waals surface area contributed by atoms with Crippen LogP contribution in [0.1, 0.15) is 27.2 Å². The maximum Gasteiger partial charge on any atom is 0.00751 e. The average molecular weight is 178 g/mol. The molecule has 0 aliphatic heterocycles. The minimum atomic E-state index is 0.457. The van der Waals surface area contributed by atoms with Crippen LogP contribution in [0.4, 0.5) is 0 Å². The van der Waals surface area contributed by atoms with Crippen LogP contribution >= 0.6 is 23.5 Å². The molecule has 0 unspecified atom stereocenters. The molecule has 0 aromatic rings. The summed E-state index contributed by atoms with van der Waals surface area (Å²) in [6, 6.07) is 0. The molecule has 0 saturated carbocycles. The van der Waals surface area contributed by atoms with Crippen LogP contribution in [-0.4, -0.2) is 22.5 Å².